The Balaban J connectivity index is 2.21. The molecular weight excluding hydrogens is 320 g/mol. The summed E-state index contributed by atoms with van der Waals surface area (Å²) in [5, 5.41) is 0.520. The molecule has 0 aliphatic carbocycles. The van der Waals surface area contributed by atoms with E-state index in [9.17, 15) is 8.42 Å². The summed E-state index contributed by atoms with van der Waals surface area (Å²) < 4.78 is 27.1. The summed E-state index contributed by atoms with van der Waals surface area (Å²) in [7, 11) is -3.53. The van der Waals surface area contributed by atoms with Gasteiger partial charge in [0.25, 0.3) is 0 Å². The number of nitrogens with zero attached hydrogens (tertiary/aromatic N) is 2. The molecule has 0 N–H and O–H groups in total. The molecule has 22 heavy (non-hydrogen) atoms. The highest BCUT2D eigenvalue weighted by molar-refractivity contribution is 7.89. The molecule has 6 heteroatoms. The van der Waals surface area contributed by atoms with Gasteiger partial charge in [-0.1, -0.05) is 11.6 Å². The smallest absolute Gasteiger partial charge is 0.243 e. The number of sulfonamides is 1. The molecule has 1 aromatic carbocycles. The molecule has 1 heterocycles. The van der Waals surface area contributed by atoms with E-state index in [4.69, 9.17) is 11.6 Å². The number of hydrogen-bond donors (Lipinski definition) is 0. The highest BCUT2D eigenvalue weighted by Crippen LogP contribution is 2.20. The average molecular weight is 339 g/mol. The summed E-state index contributed by atoms with van der Waals surface area (Å²) in [6.07, 6.45) is 4.07. The molecule has 1 aromatic heterocycles. The van der Waals surface area contributed by atoms with Gasteiger partial charge in [0.1, 0.15) is 0 Å². The lowest BCUT2D eigenvalue weighted by Crippen LogP contribution is -2.38. The van der Waals surface area contributed by atoms with Crippen LogP contribution in [0.1, 0.15) is 19.4 Å². The second-order valence-electron chi connectivity index (χ2n) is 5.27. The average Bonchev–Trinajstić information content (AvgIpc) is 2.48. The van der Waals surface area contributed by atoms with E-state index in [1.54, 1.807) is 36.7 Å². The van der Waals surface area contributed by atoms with Gasteiger partial charge < -0.3 is 0 Å². The van der Waals surface area contributed by atoms with Crippen LogP contribution in [-0.2, 0) is 16.4 Å². The van der Waals surface area contributed by atoms with E-state index in [0.29, 0.717) is 18.0 Å². The number of aromatic nitrogens is 1. The van der Waals surface area contributed by atoms with Crippen LogP contribution in [0.15, 0.2) is 53.7 Å². The van der Waals surface area contributed by atoms with Gasteiger partial charge in [0.05, 0.1) is 4.90 Å². The van der Waals surface area contributed by atoms with Crippen LogP contribution in [-0.4, -0.2) is 30.3 Å². The zero-order chi connectivity index (χ0) is 16.2. The molecule has 0 radical (unpaired) electrons. The quantitative estimate of drug-likeness (QED) is 0.811. The first-order valence-electron chi connectivity index (χ1n) is 7.07. The summed E-state index contributed by atoms with van der Waals surface area (Å²) in [6, 6.07) is 9.94. The van der Waals surface area contributed by atoms with Gasteiger partial charge >= 0.3 is 0 Å². The molecule has 0 bridgehead atoms. The van der Waals surface area contributed by atoms with Crippen molar-refractivity contribution >= 4 is 21.6 Å². The van der Waals surface area contributed by atoms with Gasteiger partial charge in [-0.05, 0) is 62.2 Å². The standard InChI is InChI=1S/C16H19ClN2O2S/c1-13(2)19(12-9-14-7-10-18-11-8-14)22(20,21)16-5-3-15(17)4-6-16/h3-8,10-11,13H,9,12H2,1-2H3. The predicted molar refractivity (Wildman–Crippen MR) is 88.4 cm³/mol. The second kappa shape index (κ2) is 7.22. The lowest BCUT2D eigenvalue weighted by atomic mass is 10.2. The Hall–Kier alpha value is -1.43. The normalized spacial score (nSPS) is 12.0. The van der Waals surface area contributed by atoms with Gasteiger partial charge in [-0.25, -0.2) is 8.42 Å². The molecule has 0 atom stereocenters. The van der Waals surface area contributed by atoms with Crippen LogP contribution in [0.2, 0.25) is 5.02 Å². The third-order valence-electron chi connectivity index (χ3n) is 3.37. The van der Waals surface area contributed by atoms with Gasteiger partial charge in [0.15, 0.2) is 0 Å². The van der Waals surface area contributed by atoms with Crippen LogP contribution in [0, 0.1) is 0 Å². The van der Waals surface area contributed by atoms with Gasteiger partial charge in [0.2, 0.25) is 10.0 Å². The third kappa shape index (κ3) is 4.06. The van der Waals surface area contributed by atoms with Crippen molar-refractivity contribution < 1.29 is 8.42 Å². The fraction of sp³-hybridized carbons (Fsp3) is 0.312. The van der Waals surface area contributed by atoms with Crippen LogP contribution in [0.4, 0.5) is 0 Å². The Morgan fingerprint density at radius 1 is 1.09 bits per heavy atom. The highest BCUT2D eigenvalue weighted by atomic mass is 35.5. The van der Waals surface area contributed by atoms with Gasteiger partial charge in [-0.3, -0.25) is 4.98 Å². The van der Waals surface area contributed by atoms with E-state index in [1.165, 1.54) is 4.31 Å². The molecular formula is C16H19ClN2O2S. The summed E-state index contributed by atoms with van der Waals surface area (Å²) in [5.41, 5.74) is 1.06. The molecule has 0 amide bonds. The molecule has 118 valence electrons. The lowest BCUT2D eigenvalue weighted by Gasteiger charge is -2.26. The van der Waals surface area contributed by atoms with E-state index in [0.717, 1.165) is 5.56 Å². The fourth-order valence-electron chi connectivity index (χ4n) is 2.19. The molecule has 0 spiro atoms. The van der Waals surface area contributed by atoms with E-state index in [1.807, 2.05) is 26.0 Å². The monoisotopic (exact) mass is 338 g/mol. The van der Waals surface area contributed by atoms with E-state index >= 15 is 0 Å². The predicted octanol–water partition coefficient (Wildman–Crippen LogP) is 3.38. The fourth-order valence-corrected chi connectivity index (χ4v) is 3.95. The molecule has 0 aliphatic rings. The van der Waals surface area contributed by atoms with Gasteiger partial charge in [-0.2, -0.15) is 4.31 Å². The van der Waals surface area contributed by atoms with Gasteiger partial charge in [-0.15, -0.1) is 0 Å². The maximum absolute atomic E-state index is 12.8. The Bertz CT molecular complexity index is 701. The number of benzene rings is 1. The molecule has 0 aliphatic heterocycles. The Morgan fingerprint density at radius 3 is 2.23 bits per heavy atom. The lowest BCUT2D eigenvalue weighted by molar-refractivity contribution is 0.357. The minimum absolute atomic E-state index is 0.123. The third-order valence-corrected chi connectivity index (χ3v) is 5.71. The number of hydrogen-bond acceptors (Lipinski definition) is 3. The van der Waals surface area contributed by atoms with Crippen molar-refractivity contribution in [1.82, 2.24) is 9.29 Å². The van der Waals surface area contributed by atoms with Crippen molar-refractivity contribution in [3.8, 4) is 0 Å². The minimum atomic E-state index is -3.53. The molecule has 0 fully saturated rings. The minimum Gasteiger partial charge on any atom is -0.265 e. The first-order chi connectivity index (χ1) is 10.4. The van der Waals surface area contributed by atoms with E-state index in [2.05, 4.69) is 4.98 Å². The van der Waals surface area contributed by atoms with Crippen molar-refractivity contribution in [3.63, 3.8) is 0 Å². The van der Waals surface area contributed by atoms with Crippen LogP contribution < -0.4 is 0 Å². The molecule has 4 nitrogen and oxygen atoms in total. The van der Waals surface area contributed by atoms with Crippen molar-refractivity contribution in [3.05, 3.63) is 59.4 Å². The summed E-state index contributed by atoms with van der Waals surface area (Å²) >= 11 is 5.83. The highest BCUT2D eigenvalue weighted by Gasteiger charge is 2.26. The number of rotatable bonds is 6. The number of pyridine rings is 1. The van der Waals surface area contributed by atoms with Crippen molar-refractivity contribution in [2.24, 2.45) is 0 Å². The maximum Gasteiger partial charge on any atom is 0.243 e. The van der Waals surface area contributed by atoms with Crippen molar-refractivity contribution in [2.75, 3.05) is 6.54 Å². The van der Waals surface area contributed by atoms with Crippen LogP contribution in [0.25, 0.3) is 0 Å². The zero-order valence-corrected chi connectivity index (χ0v) is 14.2. The molecule has 0 saturated heterocycles. The second-order valence-corrected chi connectivity index (χ2v) is 7.60. The summed E-state index contributed by atoms with van der Waals surface area (Å²) in [4.78, 5) is 4.23. The SMILES string of the molecule is CC(C)N(CCc1ccncc1)S(=O)(=O)c1ccc(Cl)cc1. The molecule has 0 unspecified atom stereocenters. The van der Waals surface area contributed by atoms with E-state index < -0.39 is 10.0 Å². The topological polar surface area (TPSA) is 50.3 Å². The van der Waals surface area contributed by atoms with Crippen LogP contribution in [0.3, 0.4) is 0 Å². The Morgan fingerprint density at radius 2 is 1.68 bits per heavy atom. The Labute approximate surface area is 136 Å². The molecule has 2 rings (SSSR count). The molecule has 2 aromatic rings. The first kappa shape index (κ1) is 16.9. The maximum atomic E-state index is 12.8. The number of halogens is 1. The van der Waals surface area contributed by atoms with E-state index in [-0.39, 0.29) is 10.9 Å². The van der Waals surface area contributed by atoms with Crippen molar-refractivity contribution in [1.29, 1.82) is 0 Å². The first-order valence-corrected chi connectivity index (χ1v) is 8.89. The summed E-state index contributed by atoms with van der Waals surface area (Å²) in [5.74, 6) is 0. The Kier molecular flexibility index (Phi) is 5.56. The van der Waals surface area contributed by atoms with Crippen LogP contribution >= 0.6 is 11.6 Å². The summed E-state index contributed by atoms with van der Waals surface area (Å²) in [6.45, 7) is 4.17. The zero-order valence-electron chi connectivity index (χ0n) is 12.6. The van der Waals surface area contributed by atoms with Crippen molar-refractivity contribution in [2.45, 2.75) is 31.2 Å². The van der Waals surface area contributed by atoms with Crippen LogP contribution in [0.5, 0.6) is 0 Å². The van der Waals surface area contributed by atoms with Gasteiger partial charge in [0, 0.05) is 30.0 Å². The largest absolute Gasteiger partial charge is 0.265 e. The molecule has 0 saturated carbocycles.